The van der Waals surface area contributed by atoms with Crippen LogP contribution in [0.4, 0.5) is 0 Å². The fourth-order valence-corrected chi connectivity index (χ4v) is 3.09. The fourth-order valence-electron chi connectivity index (χ4n) is 3.09. The number of hydrogen-bond acceptors (Lipinski definition) is 4. The molecule has 1 amide bonds. The lowest BCUT2D eigenvalue weighted by Crippen LogP contribution is -2.46. The van der Waals surface area contributed by atoms with Crippen LogP contribution >= 0.6 is 0 Å². The van der Waals surface area contributed by atoms with Crippen LogP contribution in [0, 0.1) is 5.92 Å². The average Bonchev–Trinajstić information content (AvgIpc) is 2.95. The number of rotatable bonds is 3. The van der Waals surface area contributed by atoms with Crippen LogP contribution in [0.5, 0.6) is 0 Å². The van der Waals surface area contributed by atoms with Crippen LogP contribution in [0.2, 0.25) is 0 Å². The number of amides is 1. The topological polar surface area (TPSA) is 65.4 Å². The summed E-state index contributed by atoms with van der Waals surface area (Å²) in [6.45, 7) is 2.05. The summed E-state index contributed by atoms with van der Waals surface area (Å²) in [4.78, 5) is 12.4. The number of hydrogen-bond donors (Lipinski definition) is 1. The van der Waals surface area contributed by atoms with E-state index in [-0.39, 0.29) is 24.0 Å². The molecular formula is C15H23N3O3. The molecule has 0 unspecified atom stereocenters. The third-order valence-corrected chi connectivity index (χ3v) is 4.23. The van der Waals surface area contributed by atoms with Gasteiger partial charge < -0.3 is 14.8 Å². The quantitative estimate of drug-likeness (QED) is 0.909. The van der Waals surface area contributed by atoms with Crippen molar-refractivity contribution in [2.24, 2.45) is 13.0 Å². The smallest absolute Gasteiger partial charge is 0.225 e. The minimum absolute atomic E-state index is 0.0183. The second-order valence-corrected chi connectivity index (χ2v) is 5.91. The maximum atomic E-state index is 12.4. The molecule has 3 rings (SSSR count). The van der Waals surface area contributed by atoms with E-state index in [1.165, 1.54) is 0 Å². The van der Waals surface area contributed by atoms with Crippen molar-refractivity contribution in [2.75, 3.05) is 19.8 Å². The molecule has 6 nitrogen and oxygen atoms in total. The van der Waals surface area contributed by atoms with Gasteiger partial charge in [0, 0.05) is 32.0 Å². The molecule has 1 N–H and O–H groups in total. The van der Waals surface area contributed by atoms with Crippen molar-refractivity contribution < 1.29 is 14.3 Å². The van der Waals surface area contributed by atoms with Gasteiger partial charge in [0.15, 0.2) is 0 Å². The van der Waals surface area contributed by atoms with Crippen molar-refractivity contribution in [3.8, 4) is 0 Å². The van der Waals surface area contributed by atoms with Crippen molar-refractivity contribution in [1.82, 2.24) is 15.1 Å². The molecule has 1 aromatic rings. The minimum Gasteiger partial charge on any atom is -0.381 e. The number of aryl methyl sites for hydroxylation is 1. The van der Waals surface area contributed by atoms with Gasteiger partial charge in [-0.05, 0) is 25.7 Å². The molecule has 2 saturated heterocycles. The number of aromatic nitrogens is 2. The first kappa shape index (κ1) is 14.5. The molecule has 6 heteroatoms. The Bertz CT molecular complexity index is 482. The highest BCUT2D eigenvalue weighted by Crippen LogP contribution is 2.28. The largest absolute Gasteiger partial charge is 0.381 e. The van der Waals surface area contributed by atoms with Gasteiger partial charge in [-0.15, -0.1) is 0 Å². The van der Waals surface area contributed by atoms with Crippen LogP contribution in [0.1, 0.15) is 37.4 Å². The predicted octanol–water partition coefficient (Wildman–Crippen LogP) is 1.18. The number of carbonyl (C=O) groups is 1. The Morgan fingerprint density at radius 2 is 2.24 bits per heavy atom. The molecule has 0 saturated carbocycles. The van der Waals surface area contributed by atoms with Gasteiger partial charge in [-0.2, -0.15) is 5.10 Å². The van der Waals surface area contributed by atoms with Gasteiger partial charge in [0.25, 0.3) is 0 Å². The molecule has 0 aliphatic carbocycles. The minimum atomic E-state index is -0.0964. The highest BCUT2D eigenvalue weighted by Gasteiger charge is 2.32. The summed E-state index contributed by atoms with van der Waals surface area (Å²) in [6, 6.07) is 0.0253. The first-order valence-electron chi connectivity index (χ1n) is 7.72. The molecule has 2 fully saturated rings. The molecular weight excluding hydrogens is 270 g/mol. The number of ether oxygens (including phenoxy) is 2. The normalized spacial score (nSPS) is 30.0. The summed E-state index contributed by atoms with van der Waals surface area (Å²) in [5, 5.41) is 7.36. The zero-order valence-corrected chi connectivity index (χ0v) is 12.5. The van der Waals surface area contributed by atoms with E-state index in [4.69, 9.17) is 9.47 Å². The summed E-state index contributed by atoms with van der Waals surface area (Å²) in [6.07, 6.45) is 7.47. The zero-order valence-electron chi connectivity index (χ0n) is 12.5. The predicted molar refractivity (Wildman–Crippen MR) is 76.6 cm³/mol. The van der Waals surface area contributed by atoms with E-state index >= 15 is 0 Å². The zero-order chi connectivity index (χ0) is 14.7. The summed E-state index contributed by atoms with van der Waals surface area (Å²) < 4.78 is 13.0. The van der Waals surface area contributed by atoms with Gasteiger partial charge in [0.1, 0.15) is 6.10 Å². The molecule has 0 aromatic carbocycles. The molecule has 3 heterocycles. The average molecular weight is 293 g/mol. The second-order valence-electron chi connectivity index (χ2n) is 5.91. The van der Waals surface area contributed by atoms with Crippen LogP contribution in [0.25, 0.3) is 0 Å². The molecule has 0 radical (unpaired) electrons. The maximum absolute atomic E-state index is 12.4. The van der Waals surface area contributed by atoms with Gasteiger partial charge in [-0.3, -0.25) is 9.48 Å². The highest BCUT2D eigenvalue weighted by molar-refractivity contribution is 5.79. The van der Waals surface area contributed by atoms with Crippen molar-refractivity contribution in [3.05, 3.63) is 18.0 Å². The highest BCUT2D eigenvalue weighted by atomic mass is 16.5. The Balaban J connectivity index is 1.65. The number of nitrogens with one attached hydrogen (secondary N) is 1. The summed E-state index contributed by atoms with van der Waals surface area (Å²) >= 11 is 0. The third-order valence-electron chi connectivity index (χ3n) is 4.23. The molecule has 1 aromatic heterocycles. The summed E-state index contributed by atoms with van der Waals surface area (Å²) in [5.41, 5.74) is 1.03. The van der Waals surface area contributed by atoms with E-state index in [2.05, 4.69) is 10.4 Å². The number of nitrogens with zero attached hydrogens (tertiary/aromatic N) is 2. The van der Waals surface area contributed by atoms with Crippen LogP contribution < -0.4 is 5.32 Å². The van der Waals surface area contributed by atoms with Crippen molar-refractivity contribution >= 4 is 5.91 Å². The molecule has 21 heavy (non-hydrogen) atoms. The van der Waals surface area contributed by atoms with Gasteiger partial charge in [0.05, 0.1) is 24.8 Å². The van der Waals surface area contributed by atoms with Crippen LogP contribution in [-0.2, 0) is 21.3 Å². The molecule has 0 bridgehead atoms. The molecule has 3 atom stereocenters. The lowest BCUT2D eigenvalue weighted by atomic mass is 9.95. The van der Waals surface area contributed by atoms with E-state index in [0.29, 0.717) is 6.61 Å². The van der Waals surface area contributed by atoms with Gasteiger partial charge >= 0.3 is 0 Å². The monoisotopic (exact) mass is 293 g/mol. The van der Waals surface area contributed by atoms with Crippen LogP contribution in [-0.4, -0.2) is 41.6 Å². The lowest BCUT2D eigenvalue weighted by Gasteiger charge is -2.33. The Morgan fingerprint density at radius 1 is 1.38 bits per heavy atom. The second kappa shape index (κ2) is 6.58. The standard InChI is InChI=1S/C15H23N3O3/c1-18-9-12(8-16-18)14-13(5-3-7-21-14)17-15(19)11-4-2-6-20-10-11/h8-9,11,13-14H,2-7,10H2,1H3,(H,17,19)/t11-,13+,14-/m1/s1. The summed E-state index contributed by atoms with van der Waals surface area (Å²) in [5.74, 6) is 0.0781. The Kier molecular flexibility index (Phi) is 4.55. The van der Waals surface area contributed by atoms with E-state index < -0.39 is 0 Å². The SMILES string of the molecule is Cn1cc([C@H]2OCCC[C@@H]2NC(=O)[C@@H]2CCCOC2)cn1. The third kappa shape index (κ3) is 3.44. The van der Waals surface area contributed by atoms with Crippen LogP contribution in [0.15, 0.2) is 12.4 Å². The number of carbonyl (C=O) groups excluding carboxylic acids is 1. The fraction of sp³-hybridized carbons (Fsp3) is 0.733. The molecule has 2 aliphatic heterocycles. The van der Waals surface area contributed by atoms with Crippen molar-refractivity contribution in [1.29, 1.82) is 0 Å². The first-order chi connectivity index (χ1) is 10.2. The van der Waals surface area contributed by atoms with Gasteiger partial charge in [-0.1, -0.05) is 0 Å². The first-order valence-corrected chi connectivity index (χ1v) is 7.72. The van der Waals surface area contributed by atoms with Crippen molar-refractivity contribution in [2.45, 2.75) is 37.8 Å². The molecule has 2 aliphatic rings. The molecule has 0 spiro atoms. The van der Waals surface area contributed by atoms with Gasteiger partial charge in [0.2, 0.25) is 5.91 Å². The lowest BCUT2D eigenvalue weighted by molar-refractivity contribution is -0.132. The van der Waals surface area contributed by atoms with E-state index in [9.17, 15) is 4.79 Å². The van der Waals surface area contributed by atoms with E-state index in [0.717, 1.165) is 44.5 Å². The Labute approximate surface area is 124 Å². The van der Waals surface area contributed by atoms with E-state index in [1.54, 1.807) is 4.68 Å². The van der Waals surface area contributed by atoms with Crippen molar-refractivity contribution in [3.63, 3.8) is 0 Å². The molecule has 116 valence electrons. The Hall–Kier alpha value is -1.40. The maximum Gasteiger partial charge on any atom is 0.225 e. The summed E-state index contributed by atoms with van der Waals surface area (Å²) in [7, 11) is 1.89. The Morgan fingerprint density at radius 3 is 2.95 bits per heavy atom. The van der Waals surface area contributed by atoms with E-state index in [1.807, 2.05) is 19.4 Å². The van der Waals surface area contributed by atoms with Crippen LogP contribution in [0.3, 0.4) is 0 Å². The van der Waals surface area contributed by atoms with Gasteiger partial charge in [-0.25, -0.2) is 0 Å².